The van der Waals surface area contributed by atoms with Gasteiger partial charge in [-0.25, -0.2) is 0 Å². The normalized spacial score (nSPS) is 13.5. The number of benzene rings is 1. The molecule has 6 nitrogen and oxygen atoms in total. The summed E-state index contributed by atoms with van der Waals surface area (Å²) in [6.07, 6.45) is -2.07. The third kappa shape index (κ3) is 4.22. The minimum absolute atomic E-state index is 0.0913. The second-order valence-electron chi connectivity index (χ2n) is 4.05. The second kappa shape index (κ2) is 7.11. The van der Waals surface area contributed by atoms with Gasteiger partial charge in [0.15, 0.2) is 5.78 Å². The molecule has 2 atom stereocenters. The van der Waals surface area contributed by atoms with E-state index in [1.807, 2.05) is 0 Å². The van der Waals surface area contributed by atoms with E-state index in [0.29, 0.717) is 11.1 Å². The van der Waals surface area contributed by atoms with Gasteiger partial charge in [0.25, 0.3) is 0 Å². The summed E-state index contributed by atoms with van der Waals surface area (Å²) in [4.78, 5) is 13.8. The molecule has 19 heavy (non-hydrogen) atoms. The maximum absolute atomic E-state index is 11.2. The van der Waals surface area contributed by atoms with Gasteiger partial charge >= 0.3 is 0 Å². The number of nitrogens with zero attached hydrogens (tertiary/aromatic N) is 3. The first-order chi connectivity index (χ1) is 8.97. The van der Waals surface area contributed by atoms with Gasteiger partial charge in [0, 0.05) is 17.0 Å². The predicted octanol–water partition coefficient (Wildman–Crippen LogP) is 2.64. The highest BCUT2D eigenvalue weighted by molar-refractivity contribution is 6.33. The second-order valence-corrected chi connectivity index (χ2v) is 4.46. The molecule has 1 aromatic rings. The van der Waals surface area contributed by atoms with Crippen molar-refractivity contribution < 1.29 is 15.0 Å². The molecule has 0 saturated heterocycles. The SMILES string of the molecule is CC(=O)c1ccc(C(O)C(O)CCN=[N+]=[N-])cc1Cl. The fourth-order valence-electron chi connectivity index (χ4n) is 1.62. The molecule has 1 aromatic carbocycles. The van der Waals surface area contributed by atoms with Crippen molar-refractivity contribution in [3.05, 3.63) is 44.8 Å². The monoisotopic (exact) mass is 283 g/mol. The van der Waals surface area contributed by atoms with Crippen LogP contribution in [0.25, 0.3) is 10.4 Å². The number of carbonyl (C=O) groups excluding carboxylic acids is 1. The highest BCUT2D eigenvalue weighted by Crippen LogP contribution is 2.25. The summed E-state index contributed by atoms with van der Waals surface area (Å²) < 4.78 is 0. The van der Waals surface area contributed by atoms with Crippen LogP contribution in [0.1, 0.15) is 35.4 Å². The Bertz CT molecular complexity index is 515. The number of aliphatic hydroxyl groups is 2. The zero-order valence-electron chi connectivity index (χ0n) is 10.3. The van der Waals surface area contributed by atoms with Gasteiger partial charge in [-0.15, -0.1) is 0 Å². The van der Waals surface area contributed by atoms with Crippen molar-refractivity contribution in [1.29, 1.82) is 0 Å². The standard InChI is InChI=1S/C12H14ClN3O3/c1-7(17)9-3-2-8(6-10(9)13)12(19)11(18)4-5-15-16-14/h2-3,6,11-12,18-19H,4-5H2,1H3. The Morgan fingerprint density at radius 1 is 1.53 bits per heavy atom. The van der Waals surface area contributed by atoms with Gasteiger partial charge in [0.1, 0.15) is 6.10 Å². The van der Waals surface area contributed by atoms with E-state index in [-0.39, 0.29) is 23.8 Å². The van der Waals surface area contributed by atoms with Crippen molar-refractivity contribution in [2.75, 3.05) is 6.54 Å². The molecule has 0 bridgehead atoms. The first kappa shape index (κ1) is 15.5. The Morgan fingerprint density at radius 3 is 2.74 bits per heavy atom. The number of carbonyl (C=O) groups is 1. The number of hydrogen-bond donors (Lipinski definition) is 2. The van der Waals surface area contributed by atoms with Crippen molar-refractivity contribution in [3.8, 4) is 0 Å². The smallest absolute Gasteiger partial charge is 0.161 e. The molecular weight excluding hydrogens is 270 g/mol. The van der Waals surface area contributed by atoms with Crippen LogP contribution in [0.2, 0.25) is 5.02 Å². The molecule has 102 valence electrons. The fraction of sp³-hybridized carbons (Fsp3) is 0.417. The maximum Gasteiger partial charge on any atom is 0.161 e. The van der Waals surface area contributed by atoms with Crippen molar-refractivity contribution in [2.45, 2.75) is 25.6 Å². The first-order valence-corrected chi connectivity index (χ1v) is 6.02. The largest absolute Gasteiger partial charge is 0.390 e. The van der Waals surface area contributed by atoms with E-state index in [4.69, 9.17) is 17.1 Å². The molecule has 2 N–H and O–H groups in total. The van der Waals surface area contributed by atoms with Crippen LogP contribution in [-0.2, 0) is 0 Å². The summed E-state index contributed by atoms with van der Waals surface area (Å²) in [5, 5.41) is 23.1. The molecule has 2 unspecified atom stereocenters. The lowest BCUT2D eigenvalue weighted by Crippen LogP contribution is -2.19. The lowest BCUT2D eigenvalue weighted by atomic mass is 10.00. The summed E-state index contributed by atoms with van der Waals surface area (Å²) in [6.45, 7) is 1.49. The third-order valence-corrected chi connectivity index (χ3v) is 2.98. The molecule has 0 amide bonds. The number of aliphatic hydroxyl groups excluding tert-OH is 2. The number of halogens is 1. The van der Waals surface area contributed by atoms with Gasteiger partial charge < -0.3 is 10.2 Å². The Hall–Kier alpha value is -1.59. The van der Waals surface area contributed by atoms with E-state index in [2.05, 4.69) is 10.0 Å². The Morgan fingerprint density at radius 2 is 2.21 bits per heavy atom. The van der Waals surface area contributed by atoms with Crippen LogP contribution in [-0.4, -0.2) is 28.6 Å². The molecule has 0 aliphatic rings. The highest BCUT2D eigenvalue weighted by atomic mass is 35.5. The number of ketones is 1. The van der Waals surface area contributed by atoms with Crippen LogP contribution in [0.5, 0.6) is 0 Å². The zero-order chi connectivity index (χ0) is 14.4. The van der Waals surface area contributed by atoms with Crippen LogP contribution in [0.3, 0.4) is 0 Å². The Balaban J connectivity index is 2.82. The van der Waals surface area contributed by atoms with E-state index in [1.54, 1.807) is 0 Å². The molecule has 0 heterocycles. The zero-order valence-corrected chi connectivity index (χ0v) is 11.1. The van der Waals surface area contributed by atoms with E-state index < -0.39 is 12.2 Å². The molecule has 0 aromatic heterocycles. The van der Waals surface area contributed by atoms with Crippen LogP contribution >= 0.6 is 11.6 Å². The van der Waals surface area contributed by atoms with Crippen molar-refractivity contribution >= 4 is 17.4 Å². The lowest BCUT2D eigenvalue weighted by Gasteiger charge is -2.18. The molecule has 0 fully saturated rings. The van der Waals surface area contributed by atoms with E-state index in [0.717, 1.165) is 0 Å². The average Bonchev–Trinajstić information content (AvgIpc) is 2.37. The molecule has 0 aliphatic heterocycles. The van der Waals surface area contributed by atoms with Gasteiger partial charge in [-0.3, -0.25) is 4.79 Å². The number of rotatable bonds is 6. The van der Waals surface area contributed by atoms with E-state index >= 15 is 0 Å². The highest BCUT2D eigenvalue weighted by Gasteiger charge is 2.19. The quantitative estimate of drug-likeness (QED) is 0.363. The van der Waals surface area contributed by atoms with Gasteiger partial charge in [0.05, 0.1) is 11.1 Å². The van der Waals surface area contributed by atoms with Gasteiger partial charge in [0.2, 0.25) is 0 Å². The minimum Gasteiger partial charge on any atom is -0.390 e. The topological polar surface area (TPSA) is 106 Å². The number of azide groups is 1. The lowest BCUT2D eigenvalue weighted by molar-refractivity contribution is 0.0150. The summed E-state index contributed by atoms with van der Waals surface area (Å²) in [5.74, 6) is -0.171. The summed E-state index contributed by atoms with van der Waals surface area (Å²) in [7, 11) is 0. The Labute approximate surface area is 115 Å². The van der Waals surface area contributed by atoms with Crippen molar-refractivity contribution in [1.82, 2.24) is 0 Å². The molecule has 7 heteroatoms. The first-order valence-electron chi connectivity index (χ1n) is 5.64. The maximum atomic E-state index is 11.2. The predicted molar refractivity (Wildman–Crippen MR) is 71.1 cm³/mol. The molecule has 0 saturated carbocycles. The van der Waals surface area contributed by atoms with E-state index in [9.17, 15) is 15.0 Å². The molecule has 1 rings (SSSR count). The molecule has 0 spiro atoms. The molecular formula is C12H14ClN3O3. The van der Waals surface area contributed by atoms with Gasteiger partial charge in [-0.2, -0.15) is 0 Å². The number of hydrogen-bond acceptors (Lipinski definition) is 4. The molecule has 0 aliphatic carbocycles. The average molecular weight is 284 g/mol. The summed E-state index contributed by atoms with van der Waals surface area (Å²) in [5.41, 5.74) is 8.89. The van der Waals surface area contributed by atoms with Crippen molar-refractivity contribution in [3.63, 3.8) is 0 Å². The van der Waals surface area contributed by atoms with Gasteiger partial charge in [-0.1, -0.05) is 22.8 Å². The third-order valence-electron chi connectivity index (χ3n) is 2.67. The van der Waals surface area contributed by atoms with E-state index in [1.165, 1.54) is 25.1 Å². The van der Waals surface area contributed by atoms with Crippen molar-refractivity contribution in [2.24, 2.45) is 5.11 Å². The van der Waals surface area contributed by atoms with Crippen LogP contribution in [0, 0.1) is 0 Å². The fourth-order valence-corrected chi connectivity index (χ4v) is 1.94. The van der Waals surface area contributed by atoms with Gasteiger partial charge in [-0.05, 0) is 36.6 Å². The van der Waals surface area contributed by atoms with Crippen LogP contribution in [0.15, 0.2) is 23.3 Å². The summed E-state index contributed by atoms with van der Waals surface area (Å²) in [6, 6.07) is 4.48. The number of Topliss-reactive ketones (excluding diaryl/α,β-unsaturated/α-hetero) is 1. The van der Waals surface area contributed by atoms with Crippen LogP contribution < -0.4 is 0 Å². The molecule has 0 radical (unpaired) electrons. The summed E-state index contributed by atoms with van der Waals surface area (Å²) >= 11 is 5.92. The van der Waals surface area contributed by atoms with Crippen LogP contribution in [0.4, 0.5) is 0 Å². The Kier molecular flexibility index (Phi) is 5.79. The minimum atomic E-state index is -1.15.